The molecular formula is C18H23N5. The van der Waals surface area contributed by atoms with Crippen molar-refractivity contribution in [1.29, 1.82) is 0 Å². The molecule has 0 radical (unpaired) electrons. The first-order valence-corrected chi connectivity index (χ1v) is 8.33. The lowest BCUT2D eigenvalue weighted by atomic mass is 10.2. The van der Waals surface area contributed by atoms with Crippen molar-refractivity contribution < 1.29 is 0 Å². The summed E-state index contributed by atoms with van der Waals surface area (Å²) in [5.41, 5.74) is 3.23. The summed E-state index contributed by atoms with van der Waals surface area (Å²) in [6.07, 6.45) is 8.20. The number of pyridine rings is 1. The number of hydrogen-bond acceptors (Lipinski definition) is 4. The highest BCUT2D eigenvalue weighted by Crippen LogP contribution is 2.20. The van der Waals surface area contributed by atoms with Gasteiger partial charge in [-0.15, -0.1) is 5.10 Å². The third-order valence-electron chi connectivity index (χ3n) is 3.85. The molecule has 0 aliphatic carbocycles. The van der Waals surface area contributed by atoms with E-state index < -0.39 is 0 Å². The molecule has 0 bridgehead atoms. The third kappa shape index (κ3) is 4.06. The topological polar surface area (TPSA) is 55.6 Å². The molecule has 5 heteroatoms. The Morgan fingerprint density at radius 3 is 2.96 bits per heavy atom. The van der Waals surface area contributed by atoms with Gasteiger partial charge in [-0.05, 0) is 31.4 Å². The van der Waals surface area contributed by atoms with Crippen molar-refractivity contribution in [2.45, 2.75) is 39.2 Å². The lowest BCUT2D eigenvalue weighted by Crippen LogP contribution is -2.05. The molecular weight excluding hydrogens is 286 g/mol. The van der Waals surface area contributed by atoms with Crippen LogP contribution in [0.5, 0.6) is 0 Å². The van der Waals surface area contributed by atoms with Crippen molar-refractivity contribution >= 4 is 16.6 Å². The predicted molar refractivity (Wildman–Crippen MR) is 93.5 cm³/mol. The maximum absolute atomic E-state index is 4.46. The van der Waals surface area contributed by atoms with Gasteiger partial charge in [-0.3, -0.25) is 9.67 Å². The zero-order chi connectivity index (χ0) is 15.9. The number of nitrogens with one attached hydrogen (secondary N) is 1. The van der Waals surface area contributed by atoms with Crippen LogP contribution in [0.4, 0.5) is 5.69 Å². The fourth-order valence-corrected chi connectivity index (χ4v) is 2.69. The molecule has 120 valence electrons. The predicted octanol–water partition coefficient (Wildman–Crippen LogP) is 3.67. The smallest absolute Gasteiger partial charge is 0.0933 e. The Bertz CT molecular complexity index is 745. The van der Waals surface area contributed by atoms with Crippen LogP contribution in [-0.4, -0.2) is 26.5 Å². The van der Waals surface area contributed by atoms with Gasteiger partial charge in [0.05, 0.1) is 16.9 Å². The molecule has 0 saturated heterocycles. The largest absolute Gasteiger partial charge is 0.383 e. The van der Waals surface area contributed by atoms with Gasteiger partial charge < -0.3 is 5.32 Å². The second kappa shape index (κ2) is 7.72. The lowest BCUT2D eigenvalue weighted by molar-refractivity contribution is 0.547. The van der Waals surface area contributed by atoms with Crippen LogP contribution < -0.4 is 5.32 Å². The van der Waals surface area contributed by atoms with Crippen molar-refractivity contribution in [2.24, 2.45) is 0 Å². The van der Waals surface area contributed by atoms with E-state index in [1.807, 2.05) is 16.9 Å². The number of hydrogen-bond donors (Lipinski definition) is 1. The van der Waals surface area contributed by atoms with Crippen LogP contribution in [0.3, 0.4) is 0 Å². The van der Waals surface area contributed by atoms with Gasteiger partial charge in [0, 0.05) is 30.9 Å². The molecule has 0 aliphatic rings. The average Bonchev–Trinajstić information content (AvgIpc) is 3.02. The summed E-state index contributed by atoms with van der Waals surface area (Å²) in [5, 5.41) is 13.0. The minimum atomic E-state index is 0.923. The molecule has 2 aromatic heterocycles. The average molecular weight is 309 g/mol. The minimum absolute atomic E-state index is 0.923. The van der Waals surface area contributed by atoms with E-state index in [1.165, 1.54) is 5.39 Å². The highest BCUT2D eigenvalue weighted by molar-refractivity contribution is 5.90. The van der Waals surface area contributed by atoms with Gasteiger partial charge in [0.2, 0.25) is 0 Å². The molecule has 0 saturated carbocycles. The Morgan fingerprint density at radius 1 is 1.13 bits per heavy atom. The highest BCUT2D eigenvalue weighted by atomic mass is 15.4. The zero-order valence-electron chi connectivity index (χ0n) is 13.6. The van der Waals surface area contributed by atoms with E-state index in [0.717, 1.165) is 55.7 Å². The molecule has 0 spiro atoms. The van der Waals surface area contributed by atoms with Gasteiger partial charge in [0.15, 0.2) is 0 Å². The van der Waals surface area contributed by atoms with Crippen LogP contribution in [0.2, 0.25) is 0 Å². The molecule has 3 rings (SSSR count). The van der Waals surface area contributed by atoms with E-state index in [2.05, 4.69) is 58.0 Å². The van der Waals surface area contributed by atoms with Gasteiger partial charge in [0.25, 0.3) is 0 Å². The van der Waals surface area contributed by atoms with Crippen molar-refractivity contribution in [3.63, 3.8) is 0 Å². The standard InChI is InChI=1S/C18H23N5/c1-2-7-16-14-23(22-21-16)13-4-3-11-19-17-10-5-8-15-9-6-12-20-18(15)17/h5-6,8-10,12,14,19H,2-4,7,11,13H2,1H3. The van der Waals surface area contributed by atoms with Gasteiger partial charge in [-0.1, -0.05) is 36.8 Å². The number of nitrogens with zero attached hydrogens (tertiary/aromatic N) is 4. The summed E-state index contributed by atoms with van der Waals surface area (Å²) in [7, 11) is 0. The Kier molecular flexibility index (Phi) is 5.19. The second-order valence-electron chi connectivity index (χ2n) is 5.74. The summed E-state index contributed by atoms with van der Waals surface area (Å²) in [6, 6.07) is 10.3. The molecule has 3 aromatic rings. The summed E-state index contributed by atoms with van der Waals surface area (Å²) in [4.78, 5) is 4.46. The SMILES string of the molecule is CCCc1cn(CCCCNc2cccc3cccnc23)nn1. The van der Waals surface area contributed by atoms with Gasteiger partial charge in [-0.2, -0.15) is 0 Å². The number of benzene rings is 1. The minimum Gasteiger partial charge on any atom is -0.383 e. The number of aryl methyl sites for hydroxylation is 2. The molecule has 0 fully saturated rings. The first-order chi connectivity index (χ1) is 11.4. The molecule has 23 heavy (non-hydrogen) atoms. The third-order valence-corrected chi connectivity index (χ3v) is 3.85. The van der Waals surface area contributed by atoms with Gasteiger partial charge >= 0.3 is 0 Å². The molecule has 0 atom stereocenters. The van der Waals surface area contributed by atoms with Crippen LogP contribution in [0.25, 0.3) is 10.9 Å². The number of unbranched alkanes of at least 4 members (excludes halogenated alkanes) is 1. The Balaban J connectivity index is 1.45. The number of aromatic nitrogens is 4. The van der Waals surface area contributed by atoms with E-state index in [-0.39, 0.29) is 0 Å². The maximum Gasteiger partial charge on any atom is 0.0933 e. The van der Waals surface area contributed by atoms with Crippen molar-refractivity contribution in [3.05, 3.63) is 48.4 Å². The zero-order valence-corrected chi connectivity index (χ0v) is 13.6. The molecule has 0 aliphatic heterocycles. The van der Waals surface area contributed by atoms with Crippen molar-refractivity contribution in [3.8, 4) is 0 Å². The fourth-order valence-electron chi connectivity index (χ4n) is 2.69. The number of para-hydroxylation sites is 1. The first kappa shape index (κ1) is 15.5. The number of anilines is 1. The normalized spacial score (nSPS) is 11.0. The molecule has 1 N–H and O–H groups in total. The molecule has 0 amide bonds. The molecule has 5 nitrogen and oxygen atoms in total. The van der Waals surface area contributed by atoms with Crippen molar-refractivity contribution in [2.75, 3.05) is 11.9 Å². The summed E-state index contributed by atoms with van der Waals surface area (Å²) in [5.74, 6) is 0. The Hall–Kier alpha value is -2.43. The monoisotopic (exact) mass is 309 g/mol. The summed E-state index contributed by atoms with van der Waals surface area (Å²) >= 11 is 0. The quantitative estimate of drug-likeness (QED) is 0.645. The van der Waals surface area contributed by atoms with Gasteiger partial charge in [-0.25, -0.2) is 0 Å². The van der Waals surface area contributed by atoms with E-state index >= 15 is 0 Å². The Labute approximate surface area is 136 Å². The Morgan fingerprint density at radius 2 is 2.04 bits per heavy atom. The van der Waals surface area contributed by atoms with Crippen LogP contribution >= 0.6 is 0 Å². The molecule has 0 unspecified atom stereocenters. The van der Waals surface area contributed by atoms with Crippen LogP contribution in [-0.2, 0) is 13.0 Å². The van der Waals surface area contributed by atoms with E-state index in [1.54, 1.807) is 0 Å². The van der Waals surface area contributed by atoms with Crippen molar-refractivity contribution in [1.82, 2.24) is 20.0 Å². The first-order valence-electron chi connectivity index (χ1n) is 8.33. The van der Waals surface area contributed by atoms with E-state index in [4.69, 9.17) is 0 Å². The maximum atomic E-state index is 4.46. The van der Waals surface area contributed by atoms with Crippen LogP contribution in [0.15, 0.2) is 42.7 Å². The molecule has 1 aromatic carbocycles. The van der Waals surface area contributed by atoms with Crippen LogP contribution in [0.1, 0.15) is 31.9 Å². The number of rotatable bonds is 8. The fraction of sp³-hybridized carbons (Fsp3) is 0.389. The van der Waals surface area contributed by atoms with E-state index in [0.29, 0.717) is 0 Å². The van der Waals surface area contributed by atoms with E-state index in [9.17, 15) is 0 Å². The summed E-state index contributed by atoms with van der Waals surface area (Å²) < 4.78 is 1.95. The lowest BCUT2D eigenvalue weighted by Gasteiger charge is -2.08. The number of fused-ring (bicyclic) bond motifs is 1. The second-order valence-corrected chi connectivity index (χ2v) is 5.74. The van der Waals surface area contributed by atoms with Gasteiger partial charge in [0.1, 0.15) is 0 Å². The highest BCUT2D eigenvalue weighted by Gasteiger charge is 2.02. The summed E-state index contributed by atoms with van der Waals surface area (Å²) in [6.45, 7) is 4.02. The van der Waals surface area contributed by atoms with Crippen LogP contribution in [0, 0.1) is 0 Å². The molecule has 2 heterocycles.